The molecule has 9 heteroatoms. The number of hydrogen-bond acceptors (Lipinski definition) is 5. The number of benzene rings is 2. The number of halogens is 4. The van der Waals surface area contributed by atoms with Gasteiger partial charge in [0.15, 0.2) is 0 Å². The van der Waals surface area contributed by atoms with E-state index in [9.17, 15) is 22.8 Å². The van der Waals surface area contributed by atoms with E-state index >= 15 is 4.39 Å². The Kier molecular flexibility index (Phi) is 9.82. The Balaban J connectivity index is 1.41. The largest absolute Gasteiger partial charge is 0.500 e. The zero-order valence-electron chi connectivity index (χ0n) is 24.7. The highest BCUT2D eigenvalue weighted by Crippen LogP contribution is 2.62. The molecule has 1 fully saturated rings. The van der Waals surface area contributed by atoms with Gasteiger partial charge < -0.3 is 4.74 Å². The first-order chi connectivity index (χ1) is 20.4. The summed E-state index contributed by atoms with van der Waals surface area (Å²) in [7, 11) is 1.17. The number of fused-ring (bicyclic) bond motifs is 1. The van der Waals surface area contributed by atoms with E-state index in [0.29, 0.717) is 29.6 Å². The summed E-state index contributed by atoms with van der Waals surface area (Å²) in [5.41, 5.74) is 2.95. The summed E-state index contributed by atoms with van der Waals surface area (Å²) in [5, 5.41) is 0. The maximum Gasteiger partial charge on any atom is 0.401 e. The molecule has 1 aliphatic rings. The van der Waals surface area contributed by atoms with Crippen LogP contribution in [0.4, 0.5) is 17.6 Å². The van der Waals surface area contributed by atoms with Crippen molar-refractivity contribution >= 4 is 22.6 Å². The molecule has 0 N–H and O–H groups in total. The normalized spacial score (nSPS) is 14.5. The van der Waals surface area contributed by atoms with E-state index in [1.807, 2.05) is 26.0 Å². The Bertz CT molecular complexity index is 1570. The minimum absolute atomic E-state index is 0.0690. The number of aromatic nitrogens is 2. The Labute approximate surface area is 249 Å². The maximum absolute atomic E-state index is 15.0. The van der Waals surface area contributed by atoms with Gasteiger partial charge in [0.25, 0.3) is 0 Å². The SMILES string of the molecule is C=C(/C=C(\OC)C1(C(F)(F)F)CC1)CC(=O)Cc1ccc(-c2cnc3cc(CCCCC(=O)CC)c(C)cc3n2)cc1F. The predicted octanol–water partition coefficient (Wildman–Crippen LogP) is 8.37. The summed E-state index contributed by atoms with van der Waals surface area (Å²) >= 11 is 0. The first-order valence-electron chi connectivity index (χ1n) is 14.5. The van der Waals surface area contributed by atoms with E-state index in [0.717, 1.165) is 35.9 Å². The highest BCUT2D eigenvalue weighted by Gasteiger charge is 2.66. The molecule has 3 aromatic rings. The van der Waals surface area contributed by atoms with Crippen LogP contribution in [-0.2, 0) is 27.2 Å². The minimum atomic E-state index is -4.45. The maximum atomic E-state index is 15.0. The molecule has 43 heavy (non-hydrogen) atoms. The van der Waals surface area contributed by atoms with Crippen molar-refractivity contribution in [2.75, 3.05) is 7.11 Å². The number of Topliss-reactive ketones (excluding diaryl/α,β-unsaturated/α-hetero) is 2. The number of unbranched alkanes of at least 4 members (excludes halogenated alkanes) is 1. The summed E-state index contributed by atoms with van der Waals surface area (Å²) in [6, 6.07) is 8.43. The van der Waals surface area contributed by atoms with Gasteiger partial charge in [-0.1, -0.05) is 25.6 Å². The van der Waals surface area contributed by atoms with E-state index in [-0.39, 0.29) is 54.1 Å². The molecule has 0 amide bonds. The van der Waals surface area contributed by atoms with Gasteiger partial charge >= 0.3 is 6.18 Å². The quantitative estimate of drug-likeness (QED) is 0.0810. The summed E-state index contributed by atoms with van der Waals surface area (Å²) in [5.74, 6) is -0.947. The van der Waals surface area contributed by atoms with E-state index < -0.39 is 17.4 Å². The van der Waals surface area contributed by atoms with E-state index in [4.69, 9.17) is 4.74 Å². The van der Waals surface area contributed by atoms with Crippen molar-refractivity contribution in [1.29, 1.82) is 0 Å². The molecule has 0 radical (unpaired) electrons. The third kappa shape index (κ3) is 7.56. The Morgan fingerprint density at radius 1 is 1.07 bits per heavy atom. The van der Waals surface area contributed by atoms with Crippen LogP contribution in [0.3, 0.4) is 0 Å². The Morgan fingerprint density at radius 3 is 2.44 bits per heavy atom. The lowest BCUT2D eigenvalue weighted by atomic mass is 9.98. The Morgan fingerprint density at radius 2 is 1.81 bits per heavy atom. The molecule has 1 saturated carbocycles. The number of carbonyl (C=O) groups excluding carboxylic acids is 2. The predicted molar refractivity (Wildman–Crippen MR) is 158 cm³/mol. The van der Waals surface area contributed by atoms with Crippen LogP contribution in [0.25, 0.3) is 22.3 Å². The van der Waals surface area contributed by atoms with Crippen LogP contribution in [0.1, 0.15) is 68.6 Å². The fraction of sp³-hybridized carbons (Fsp3) is 0.412. The van der Waals surface area contributed by atoms with E-state index in [1.54, 1.807) is 12.3 Å². The van der Waals surface area contributed by atoms with Gasteiger partial charge in [-0.2, -0.15) is 13.2 Å². The number of alkyl halides is 3. The monoisotopic (exact) mass is 596 g/mol. The van der Waals surface area contributed by atoms with Gasteiger partial charge in [-0.15, -0.1) is 0 Å². The lowest BCUT2D eigenvalue weighted by molar-refractivity contribution is -0.184. The molecule has 0 bridgehead atoms. The number of rotatable bonds is 14. The summed E-state index contributed by atoms with van der Waals surface area (Å²) in [6.45, 7) is 7.60. The number of aryl methyl sites for hydroxylation is 2. The standard InChI is InChI=1S/C34H36F4N2O3/c1-5-26(41)9-7-6-8-23-19-29-30(16-22(23)3)40-31(20-39-29)25-11-10-24(28(35)18-25)17-27(42)14-21(2)15-32(43-4)33(12-13-33)34(36,37)38/h10-11,15-16,18-20H,2,5-9,12-14,17H2,1,3-4H3/b32-15-. The van der Waals surface area contributed by atoms with Gasteiger partial charge in [0, 0.05) is 31.2 Å². The van der Waals surface area contributed by atoms with Crippen LogP contribution >= 0.6 is 0 Å². The zero-order chi connectivity index (χ0) is 31.4. The number of ether oxygens (including phenoxy) is 1. The van der Waals surface area contributed by atoms with E-state index in [2.05, 4.69) is 16.5 Å². The molecule has 0 aliphatic heterocycles. The van der Waals surface area contributed by atoms with Crippen molar-refractivity contribution in [1.82, 2.24) is 9.97 Å². The number of nitrogens with zero attached hydrogens (tertiary/aromatic N) is 2. The number of ketones is 2. The van der Waals surface area contributed by atoms with Gasteiger partial charge in [0.05, 0.1) is 30.0 Å². The van der Waals surface area contributed by atoms with Crippen molar-refractivity contribution < 1.29 is 31.9 Å². The van der Waals surface area contributed by atoms with Crippen molar-refractivity contribution in [2.24, 2.45) is 5.41 Å². The molecule has 1 heterocycles. The summed E-state index contributed by atoms with van der Waals surface area (Å²) in [4.78, 5) is 33.4. The van der Waals surface area contributed by atoms with Crippen LogP contribution in [0.5, 0.6) is 0 Å². The lowest BCUT2D eigenvalue weighted by Gasteiger charge is -2.21. The Hall–Kier alpha value is -3.88. The van der Waals surface area contributed by atoms with Crippen LogP contribution < -0.4 is 0 Å². The molecule has 2 aromatic carbocycles. The van der Waals surface area contributed by atoms with Gasteiger partial charge in [0.2, 0.25) is 0 Å². The highest BCUT2D eigenvalue weighted by atomic mass is 19.4. The summed E-state index contributed by atoms with van der Waals surface area (Å²) < 4.78 is 60.4. The van der Waals surface area contributed by atoms with Crippen LogP contribution in [0.15, 0.2) is 60.5 Å². The third-order valence-electron chi connectivity index (χ3n) is 8.03. The average molecular weight is 597 g/mol. The van der Waals surface area contributed by atoms with Gasteiger partial charge in [-0.25, -0.2) is 9.37 Å². The number of methoxy groups -OCH3 is 1. The van der Waals surface area contributed by atoms with Gasteiger partial charge in [0.1, 0.15) is 28.6 Å². The van der Waals surface area contributed by atoms with Crippen molar-refractivity contribution in [3.05, 3.63) is 83.0 Å². The number of hydrogen-bond donors (Lipinski definition) is 0. The second-order valence-corrected chi connectivity index (χ2v) is 11.3. The lowest BCUT2D eigenvalue weighted by Crippen LogP contribution is -2.27. The van der Waals surface area contributed by atoms with Gasteiger partial charge in [-0.05, 0) is 85.6 Å². The molecule has 0 spiro atoms. The van der Waals surface area contributed by atoms with Crippen LogP contribution in [0, 0.1) is 18.2 Å². The minimum Gasteiger partial charge on any atom is -0.500 e. The van der Waals surface area contributed by atoms with Crippen LogP contribution in [0.2, 0.25) is 0 Å². The molecule has 5 nitrogen and oxygen atoms in total. The molecular formula is C34H36F4N2O3. The molecule has 1 aromatic heterocycles. The average Bonchev–Trinajstić information content (AvgIpc) is 3.77. The molecule has 228 valence electrons. The van der Waals surface area contributed by atoms with Gasteiger partial charge in [-0.3, -0.25) is 14.6 Å². The fourth-order valence-corrected chi connectivity index (χ4v) is 5.23. The topological polar surface area (TPSA) is 69.2 Å². The second kappa shape index (κ2) is 13.2. The highest BCUT2D eigenvalue weighted by molar-refractivity contribution is 5.84. The molecular weight excluding hydrogens is 560 g/mol. The zero-order valence-corrected chi connectivity index (χ0v) is 24.7. The molecule has 0 unspecified atom stereocenters. The second-order valence-electron chi connectivity index (χ2n) is 11.3. The number of carbonyl (C=O) groups is 2. The molecule has 0 saturated heterocycles. The third-order valence-corrected chi connectivity index (χ3v) is 8.03. The number of allylic oxidation sites excluding steroid dienone is 3. The summed E-state index contributed by atoms with van der Waals surface area (Å²) in [6.07, 6.45) is 1.50. The first-order valence-corrected chi connectivity index (χ1v) is 14.5. The van der Waals surface area contributed by atoms with Crippen LogP contribution in [-0.4, -0.2) is 34.8 Å². The van der Waals surface area contributed by atoms with E-state index in [1.165, 1.54) is 25.3 Å². The fourth-order valence-electron chi connectivity index (χ4n) is 5.23. The van der Waals surface area contributed by atoms with Crippen molar-refractivity contribution in [3.8, 4) is 11.3 Å². The molecule has 1 aliphatic carbocycles. The molecule has 4 rings (SSSR count). The van der Waals surface area contributed by atoms with Crippen molar-refractivity contribution in [2.45, 2.75) is 77.8 Å². The smallest absolute Gasteiger partial charge is 0.401 e. The molecule has 0 atom stereocenters. The first kappa shape index (κ1) is 32.0. The van der Waals surface area contributed by atoms with Crippen molar-refractivity contribution in [3.63, 3.8) is 0 Å².